The van der Waals surface area contributed by atoms with Gasteiger partial charge in [0.2, 0.25) is 17.8 Å². The van der Waals surface area contributed by atoms with E-state index in [1.54, 1.807) is 25.1 Å². The summed E-state index contributed by atoms with van der Waals surface area (Å²) in [6.07, 6.45) is 0. The molecule has 9 heteroatoms. The molecule has 2 aromatic rings. The van der Waals surface area contributed by atoms with Gasteiger partial charge in [0.1, 0.15) is 11.9 Å². The Kier molecular flexibility index (Phi) is 4.10. The van der Waals surface area contributed by atoms with Gasteiger partial charge in [0.15, 0.2) is 0 Å². The SMILES string of the molecule is CN(C)c1nc(NN)nc(Nc2ccc(F)c(C#N)c2)n1. The highest BCUT2D eigenvalue weighted by atomic mass is 19.1. The first-order chi connectivity index (χ1) is 10.0. The third-order valence-electron chi connectivity index (χ3n) is 2.50. The molecule has 0 atom stereocenters. The number of hydrazine groups is 1. The van der Waals surface area contributed by atoms with Crippen molar-refractivity contribution in [2.45, 2.75) is 0 Å². The van der Waals surface area contributed by atoms with Crippen LogP contribution in [0.5, 0.6) is 0 Å². The highest BCUT2D eigenvalue weighted by molar-refractivity contribution is 5.58. The predicted octanol–water partition coefficient (Wildman–Crippen LogP) is 0.978. The van der Waals surface area contributed by atoms with Gasteiger partial charge < -0.3 is 10.2 Å². The standard InChI is InChI=1S/C12H13FN8/c1-21(2)12-18-10(17-11(19-12)20-15)16-8-3-4-9(13)7(5-8)6-14/h3-5H,15H2,1-2H3,(H2,16,17,18,19,20). The highest BCUT2D eigenvalue weighted by Gasteiger charge is 2.09. The topological polar surface area (TPSA) is 116 Å². The van der Waals surface area contributed by atoms with E-state index in [-0.39, 0.29) is 17.5 Å². The number of nitriles is 1. The van der Waals surface area contributed by atoms with Gasteiger partial charge >= 0.3 is 0 Å². The molecule has 21 heavy (non-hydrogen) atoms. The van der Waals surface area contributed by atoms with Crippen LogP contribution >= 0.6 is 0 Å². The lowest BCUT2D eigenvalue weighted by Gasteiger charge is -2.13. The number of nitrogens with two attached hydrogens (primary N) is 1. The van der Waals surface area contributed by atoms with Crippen molar-refractivity contribution in [1.29, 1.82) is 5.26 Å². The summed E-state index contributed by atoms with van der Waals surface area (Å²) in [5.74, 6) is 5.51. The summed E-state index contributed by atoms with van der Waals surface area (Å²) >= 11 is 0. The minimum Gasteiger partial charge on any atom is -0.347 e. The number of hydrogen-bond acceptors (Lipinski definition) is 8. The number of halogens is 1. The molecule has 0 unspecified atom stereocenters. The number of nitrogen functional groups attached to an aromatic ring is 1. The second-order valence-corrected chi connectivity index (χ2v) is 4.25. The smallest absolute Gasteiger partial charge is 0.243 e. The minimum atomic E-state index is -0.586. The number of hydrogen-bond donors (Lipinski definition) is 3. The van der Waals surface area contributed by atoms with Crippen LogP contribution in [0.1, 0.15) is 5.56 Å². The van der Waals surface area contributed by atoms with E-state index in [1.807, 2.05) is 0 Å². The second-order valence-electron chi connectivity index (χ2n) is 4.25. The molecule has 0 amide bonds. The van der Waals surface area contributed by atoms with Gasteiger partial charge in [-0.15, -0.1) is 0 Å². The quantitative estimate of drug-likeness (QED) is 0.563. The lowest BCUT2D eigenvalue weighted by atomic mass is 10.2. The number of anilines is 4. The Morgan fingerprint density at radius 1 is 1.24 bits per heavy atom. The van der Waals surface area contributed by atoms with E-state index in [0.29, 0.717) is 11.6 Å². The maximum Gasteiger partial charge on any atom is 0.243 e. The average molecular weight is 288 g/mol. The lowest BCUT2D eigenvalue weighted by Crippen LogP contribution is -2.18. The van der Waals surface area contributed by atoms with Gasteiger partial charge in [-0.3, -0.25) is 5.43 Å². The lowest BCUT2D eigenvalue weighted by molar-refractivity contribution is 0.624. The largest absolute Gasteiger partial charge is 0.347 e. The van der Waals surface area contributed by atoms with Crippen LogP contribution in [0.25, 0.3) is 0 Å². The molecule has 0 radical (unpaired) electrons. The first kappa shape index (κ1) is 14.4. The van der Waals surface area contributed by atoms with Crippen LogP contribution in [0.3, 0.4) is 0 Å². The molecular weight excluding hydrogens is 275 g/mol. The zero-order valence-electron chi connectivity index (χ0n) is 11.4. The molecule has 2 rings (SSSR count). The van der Waals surface area contributed by atoms with Crippen molar-refractivity contribution in [3.8, 4) is 6.07 Å². The number of benzene rings is 1. The molecule has 0 saturated heterocycles. The second kappa shape index (κ2) is 5.98. The van der Waals surface area contributed by atoms with Gasteiger partial charge in [-0.05, 0) is 18.2 Å². The molecular formula is C12H13FN8. The summed E-state index contributed by atoms with van der Waals surface area (Å²) in [7, 11) is 3.54. The number of nitrogens with zero attached hydrogens (tertiary/aromatic N) is 5. The van der Waals surface area contributed by atoms with Crippen molar-refractivity contribution in [2.24, 2.45) is 5.84 Å². The van der Waals surface area contributed by atoms with Crippen molar-refractivity contribution in [3.63, 3.8) is 0 Å². The van der Waals surface area contributed by atoms with Crippen LogP contribution in [-0.2, 0) is 0 Å². The van der Waals surface area contributed by atoms with Crippen LogP contribution in [0.2, 0.25) is 0 Å². The van der Waals surface area contributed by atoms with Crippen molar-refractivity contribution >= 4 is 23.5 Å². The van der Waals surface area contributed by atoms with Crippen LogP contribution in [-0.4, -0.2) is 29.0 Å². The van der Waals surface area contributed by atoms with E-state index in [1.165, 1.54) is 18.2 Å². The third kappa shape index (κ3) is 3.31. The average Bonchev–Trinajstić information content (AvgIpc) is 2.48. The fourth-order valence-electron chi connectivity index (χ4n) is 1.50. The molecule has 1 heterocycles. The fraction of sp³-hybridized carbons (Fsp3) is 0.167. The van der Waals surface area contributed by atoms with E-state index < -0.39 is 5.82 Å². The van der Waals surface area contributed by atoms with E-state index in [9.17, 15) is 4.39 Å². The van der Waals surface area contributed by atoms with Crippen LogP contribution in [0, 0.1) is 17.1 Å². The highest BCUT2D eigenvalue weighted by Crippen LogP contribution is 2.19. The van der Waals surface area contributed by atoms with Crippen molar-refractivity contribution < 1.29 is 4.39 Å². The Morgan fingerprint density at radius 2 is 1.95 bits per heavy atom. The first-order valence-corrected chi connectivity index (χ1v) is 5.90. The molecule has 0 spiro atoms. The van der Waals surface area contributed by atoms with Gasteiger partial charge in [0.05, 0.1) is 5.56 Å². The zero-order valence-corrected chi connectivity index (χ0v) is 11.4. The van der Waals surface area contributed by atoms with Crippen LogP contribution in [0.4, 0.5) is 27.9 Å². The summed E-state index contributed by atoms with van der Waals surface area (Å²) in [5, 5.41) is 11.7. The van der Waals surface area contributed by atoms with E-state index in [0.717, 1.165) is 0 Å². The van der Waals surface area contributed by atoms with Crippen LogP contribution in [0.15, 0.2) is 18.2 Å². The van der Waals surface area contributed by atoms with E-state index >= 15 is 0 Å². The van der Waals surface area contributed by atoms with Gasteiger partial charge in [-0.25, -0.2) is 10.2 Å². The number of nitrogens with one attached hydrogen (secondary N) is 2. The molecule has 0 aliphatic carbocycles. The van der Waals surface area contributed by atoms with Gasteiger partial charge in [-0.2, -0.15) is 20.2 Å². The summed E-state index contributed by atoms with van der Waals surface area (Å²) in [6.45, 7) is 0. The van der Waals surface area contributed by atoms with Gasteiger partial charge in [0.25, 0.3) is 0 Å². The predicted molar refractivity (Wildman–Crippen MR) is 76.4 cm³/mol. The first-order valence-electron chi connectivity index (χ1n) is 5.90. The maximum absolute atomic E-state index is 13.3. The Labute approximate surface area is 120 Å². The number of rotatable bonds is 4. The van der Waals surface area contributed by atoms with Gasteiger partial charge in [-0.1, -0.05) is 0 Å². The summed E-state index contributed by atoms with van der Waals surface area (Å²) < 4.78 is 13.3. The Bertz CT molecular complexity index is 694. The minimum absolute atomic E-state index is 0.0703. The number of aromatic nitrogens is 3. The molecule has 0 aliphatic heterocycles. The monoisotopic (exact) mass is 288 g/mol. The normalized spacial score (nSPS) is 9.86. The molecule has 1 aromatic heterocycles. The zero-order chi connectivity index (χ0) is 15.4. The van der Waals surface area contributed by atoms with E-state index in [2.05, 4.69) is 25.7 Å². The van der Waals surface area contributed by atoms with Crippen molar-refractivity contribution in [2.75, 3.05) is 29.7 Å². The molecule has 0 aliphatic rings. The molecule has 0 fully saturated rings. The maximum atomic E-state index is 13.3. The Balaban J connectivity index is 2.35. The van der Waals surface area contributed by atoms with Crippen LogP contribution < -0.4 is 21.5 Å². The van der Waals surface area contributed by atoms with Gasteiger partial charge in [0, 0.05) is 19.8 Å². The summed E-state index contributed by atoms with van der Waals surface area (Å²) in [4.78, 5) is 13.9. The summed E-state index contributed by atoms with van der Waals surface area (Å²) in [6, 6.07) is 5.80. The Morgan fingerprint density at radius 3 is 2.57 bits per heavy atom. The Hall–Kier alpha value is -2.99. The molecule has 4 N–H and O–H groups in total. The molecule has 0 bridgehead atoms. The fourth-order valence-corrected chi connectivity index (χ4v) is 1.50. The third-order valence-corrected chi connectivity index (χ3v) is 2.50. The molecule has 1 aromatic carbocycles. The summed E-state index contributed by atoms with van der Waals surface area (Å²) in [5.41, 5.74) is 2.75. The van der Waals surface area contributed by atoms with E-state index in [4.69, 9.17) is 11.1 Å². The van der Waals surface area contributed by atoms with Crippen molar-refractivity contribution in [1.82, 2.24) is 15.0 Å². The molecule has 8 nitrogen and oxygen atoms in total. The molecule has 108 valence electrons. The van der Waals surface area contributed by atoms with Crippen molar-refractivity contribution in [3.05, 3.63) is 29.6 Å². The molecule has 0 saturated carbocycles.